The molecule has 0 spiro atoms. The molecule has 0 saturated carbocycles. The van der Waals surface area contributed by atoms with Crippen LogP contribution in [0, 0.1) is 0 Å². The van der Waals surface area contributed by atoms with Gasteiger partial charge in [0.05, 0.1) is 18.7 Å². The molecule has 3 N–H and O–H groups in total. The molecule has 1 aliphatic rings. The zero-order chi connectivity index (χ0) is 20.3. The Morgan fingerprint density at radius 2 is 1.86 bits per heavy atom. The highest BCUT2D eigenvalue weighted by Gasteiger charge is 2.46. The fraction of sp³-hybridized carbons (Fsp3) is 0.238. The third-order valence-corrected chi connectivity index (χ3v) is 5.05. The van der Waals surface area contributed by atoms with Crippen LogP contribution < -0.4 is 10.5 Å². The Bertz CT molecular complexity index is 924. The number of aliphatic hydroxyl groups excluding tert-OH is 1. The number of carbonyl (C=O) groups excluding carboxylic acids is 2. The molecule has 7 heteroatoms. The first-order valence-corrected chi connectivity index (χ1v) is 9.24. The molecule has 1 amide bonds. The van der Waals surface area contributed by atoms with Gasteiger partial charge in [-0.1, -0.05) is 29.8 Å². The van der Waals surface area contributed by atoms with Crippen LogP contribution in [0.25, 0.3) is 5.76 Å². The van der Waals surface area contributed by atoms with Gasteiger partial charge >= 0.3 is 0 Å². The number of hydrogen-bond donors (Lipinski definition) is 2. The molecule has 1 aliphatic heterocycles. The summed E-state index contributed by atoms with van der Waals surface area (Å²) in [5.74, 6) is -1.05. The van der Waals surface area contributed by atoms with E-state index in [9.17, 15) is 14.7 Å². The number of aliphatic hydroxyl groups is 1. The Morgan fingerprint density at radius 3 is 2.46 bits per heavy atom. The predicted octanol–water partition coefficient (Wildman–Crippen LogP) is 3.12. The quantitative estimate of drug-likeness (QED) is 0.441. The van der Waals surface area contributed by atoms with Gasteiger partial charge in [0, 0.05) is 17.1 Å². The van der Waals surface area contributed by atoms with Gasteiger partial charge in [-0.05, 0) is 48.9 Å². The van der Waals surface area contributed by atoms with Crippen molar-refractivity contribution in [2.75, 3.05) is 20.2 Å². The zero-order valence-corrected chi connectivity index (χ0v) is 16.1. The van der Waals surface area contributed by atoms with Crippen molar-refractivity contribution in [3.63, 3.8) is 0 Å². The normalized spacial score (nSPS) is 18.5. The van der Waals surface area contributed by atoms with Crippen LogP contribution >= 0.6 is 11.6 Å². The van der Waals surface area contributed by atoms with Crippen LogP contribution in [0.15, 0.2) is 54.1 Å². The smallest absolute Gasteiger partial charge is 0.295 e. The molecule has 3 rings (SSSR count). The predicted molar refractivity (Wildman–Crippen MR) is 107 cm³/mol. The lowest BCUT2D eigenvalue weighted by Gasteiger charge is -2.25. The average molecular weight is 401 g/mol. The van der Waals surface area contributed by atoms with Crippen molar-refractivity contribution >= 4 is 29.1 Å². The molecule has 1 atom stereocenters. The first-order valence-electron chi connectivity index (χ1n) is 8.87. The van der Waals surface area contributed by atoms with E-state index < -0.39 is 17.7 Å². The molecule has 1 heterocycles. The molecule has 2 aromatic carbocycles. The maximum absolute atomic E-state index is 12.8. The van der Waals surface area contributed by atoms with Crippen LogP contribution in [0.5, 0.6) is 5.75 Å². The molecular weight excluding hydrogens is 380 g/mol. The first-order chi connectivity index (χ1) is 13.5. The minimum Gasteiger partial charge on any atom is -0.507 e. The summed E-state index contributed by atoms with van der Waals surface area (Å²) in [6.07, 6.45) is 0.524. The van der Waals surface area contributed by atoms with Gasteiger partial charge in [-0.15, -0.1) is 0 Å². The van der Waals surface area contributed by atoms with Crippen LogP contribution in [0.1, 0.15) is 23.6 Å². The Balaban J connectivity index is 2.16. The SMILES string of the molecule is COc1ccc(/C(O)=C2/C(=O)C(=O)N(CCCN)C2c2ccccc2Cl)cc1. The highest BCUT2D eigenvalue weighted by molar-refractivity contribution is 6.47. The van der Waals surface area contributed by atoms with Crippen molar-refractivity contribution in [1.29, 1.82) is 0 Å². The molecule has 1 unspecified atom stereocenters. The third-order valence-electron chi connectivity index (χ3n) is 4.71. The number of ketones is 1. The van der Waals surface area contributed by atoms with E-state index in [2.05, 4.69) is 0 Å². The van der Waals surface area contributed by atoms with Crippen LogP contribution in [-0.4, -0.2) is 41.9 Å². The van der Waals surface area contributed by atoms with Crippen LogP contribution in [0.2, 0.25) is 5.02 Å². The summed E-state index contributed by atoms with van der Waals surface area (Å²) in [6, 6.07) is 12.8. The number of rotatable bonds is 6. The number of nitrogens with zero attached hydrogens (tertiary/aromatic N) is 1. The van der Waals surface area contributed by atoms with Gasteiger partial charge in [-0.25, -0.2) is 0 Å². The first kappa shape index (κ1) is 19.9. The van der Waals surface area contributed by atoms with E-state index in [0.717, 1.165) is 0 Å². The summed E-state index contributed by atoms with van der Waals surface area (Å²) in [5.41, 5.74) is 6.60. The largest absolute Gasteiger partial charge is 0.507 e. The number of likely N-dealkylation sites (tertiary alicyclic amines) is 1. The van der Waals surface area contributed by atoms with Gasteiger partial charge in [-0.2, -0.15) is 0 Å². The van der Waals surface area contributed by atoms with Gasteiger partial charge in [-0.3, -0.25) is 9.59 Å². The lowest BCUT2D eigenvalue weighted by Crippen LogP contribution is -2.31. The molecule has 0 radical (unpaired) electrons. The van der Waals surface area contributed by atoms with Crippen molar-refractivity contribution in [2.24, 2.45) is 5.73 Å². The number of nitrogens with two attached hydrogens (primary N) is 1. The van der Waals surface area contributed by atoms with Gasteiger partial charge < -0.3 is 20.5 Å². The zero-order valence-electron chi connectivity index (χ0n) is 15.4. The molecule has 6 nitrogen and oxygen atoms in total. The third kappa shape index (κ3) is 3.61. The number of methoxy groups -OCH3 is 1. The number of amides is 1. The van der Waals surface area contributed by atoms with Gasteiger partial charge in [0.2, 0.25) is 0 Å². The van der Waals surface area contributed by atoms with Gasteiger partial charge in [0.1, 0.15) is 11.5 Å². The number of benzene rings is 2. The highest BCUT2D eigenvalue weighted by atomic mass is 35.5. The lowest BCUT2D eigenvalue weighted by atomic mass is 9.95. The topological polar surface area (TPSA) is 92.9 Å². The number of hydrogen-bond acceptors (Lipinski definition) is 5. The van der Waals surface area contributed by atoms with E-state index in [1.54, 1.807) is 48.5 Å². The summed E-state index contributed by atoms with van der Waals surface area (Å²) in [7, 11) is 1.54. The monoisotopic (exact) mass is 400 g/mol. The fourth-order valence-corrected chi connectivity index (χ4v) is 3.54. The van der Waals surface area contributed by atoms with Crippen molar-refractivity contribution in [3.05, 3.63) is 70.3 Å². The Kier molecular flexibility index (Phi) is 6.02. The Labute approximate surface area is 168 Å². The van der Waals surface area contributed by atoms with E-state index in [1.807, 2.05) is 0 Å². The lowest BCUT2D eigenvalue weighted by molar-refractivity contribution is -0.139. The number of carbonyl (C=O) groups is 2. The van der Waals surface area contributed by atoms with E-state index in [-0.39, 0.29) is 17.9 Å². The van der Waals surface area contributed by atoms with Crippen molar-refractivity contribution < 1.29 is 19.4 Å². The van der Waals surface area contributed by atoms with E-state index in [1.165, 1.54) is 12.0 Å². The van der Waals surface area contributed by atoms with E-state index in [4.69, 9.17) is 22.1 Å². The minimum absolute atomic E-state index is 0.0142. The van der Waals surface area contributed by atoms with Crippen LogP contribution in [0.4, 0.5) is 0 Å². The van der Waals surface area contributed by atoms with Crippen molar-refractivity contribution in [2.45, 2.75) is 12.5 Å². The molecule has 0 bridgehead atoms. The average Bonchev–Trinajstić information content (AvgIpc) is 2.96. The van der Waals surface area contributed by atoms with Crippen molar-refractivity contribution in [1.82, 2.24) is 4.90 Å². The summed E-state index contributed by atoms with van der Waals surface area (Å²) < 4.78 is 5.12. The molecule has 146 valence electrons. The maximum atomic E-state index is 12.8. The van der Waals surface area contributed by atoms with E-state index >= 15 is 0 Å². The van der Waals surface area contributed by atoms with Gasteiger partial charge in [0.25, 0.3) is 11.7 Å². The summed E-state index contributed by atoms with van der Waals surface area (Å²) in [6.45, 7) is 0.660. The molecule has 2 aromatic rings. The second kappa shape index (κ2) is 8.46. The molecule has 1 fully saturated rings. The number of Topliss-reactive ketones (excluding diaryl/α,β-unsaturated/α-hetero) is 1. The van der Waals surface area contributed by atoms with Crippen molar-refractivity contribution in [3.8, 4) is 5.75 Å². The Hall–Kier alpha value is -2.83. The summed E-state index contributed by atoms with van der Waals surface area (Å²) >= 11 is 6.36. The van der Waals surface area contributed by atoms with Crippen LogP contribution in [-0.2, 0) is 9.59 Å². The number of halogens is 1. The summed E-state index contributed by atoms with van der Waals surface area (Å²) in [5, 5.41) is 11.3. The number of ether oxygens (including phenoxy) is 1. The van der Waals surface area contributed by atoms with Gasteiger partial charge in [0.15, 0.2) is 0 Å². The Morgan fingerprint density at radius 1 is 1.18 bits per heavy atom. The second-order valence-electron chi connectivity index (χ2n) is 6.38. The molecule has 0 aliphatic carbocycles. The molecule has 0 aromatic heterocycles. The molecular formula is C21H21ClN2O4. The van der Waals surface area contributed by atoms with Crippen LogP contribution in [0.3, 0.4) is 0 Å². The molecule has 1 saturated heterocycles. The highest BCUT2D eigenvalue weighted by Crippen LogP contribution is 2.41. The molecule has 28 heavy (non-hydrogen) atoms. The fourth-order valence-electron chi connectivity index (χ4n) is 3.30. The minimum atomic E-state index is -0.776. The standard InChI is InChI=1S/C21H21ClN2O4/c1-28-14-9-7-13(8-10-14)19(25)17-18(15-5-2-3-6-16(15)22)24(12-4-11-23)21(27)20(17)26/h2-3,5-10,18,25H,4,11-12,23H2,1H3/b19-17-. The van der Waals surface area contributed by atoms with E-state index in [0.29, 0.717) is 34.9 Å². The second-order valence-corrected chi connectivity index (χ2v) is 6.79. The summed E-state index contributed by atoms with van der Waals surface area (Å²) in [4.78, 5) is 26.9. The maximum Gasteiger partial charge on any atom is 0.295 e.